The summed E-state index contributed by atoms with van der Waals surface area (Å²) in [5.74, 6) is -0.475. The van der Waals surface area contributed by atoms with Crippen LogP contribution in [0.1, 0.15) is 19.8 Å². The molecule has 192 valence electrons. The SMILES string of the molecule is CCN1CCN(CCCN2C(=S)N(c3cccc(Cl)c3)C(=O)C2CC(=O)Nc2ccc(Cl)cc2)CC1. The van der Waals surface area contributed by atoms with Gasteiger partial charge in [-0.2, -0.15) is 0 Å². The molecule has 2 fully saturated rings. The van der Waals surface area contributed by atoms with Crippen LogP contribution in [0.3, 0.4) is 0 Å². The van der Waals surface area contributed by atoms with Crippen molar-refractivity contribution in [3.05, 3.63) is 58.6 Å². The zero-order chi connectivity index (χ0) is 25.7. The standard InChI is InChI=1S/C26H31Cl2N5O2S/c1-2-30-13-15-31(16-14-30)11-4-12-32-23(18-24(34)29-21-9-7-19(27)8-10-21)25(35)33(26(32)36)22-6-3-5-20(28)17-22/h3,5-10,17,23H,2,4,11-16,18H2,1H3,(H,29,34). The molecule has 0 bridgehead atoms. The molecule has 2 aromatic carbocycles. The first-order valence-corrected chi connectivity index (χ1v) is 13.4. The van der Waals surface area contributed by atoms with Crippen molar-refractivity contribution < 1.29 is 9.59 Å². The summed E-state index contributed by atoms with van der Waals surface area (Å²) >= 11 is 17.9. The number of amides is 2. The maximum atomic E-state index is 13.5. The molecule has 2 aliphatic rings. The highest BCUT2D eigenvalue weighted by Gasteiger charge is 2.44. The number of hydrogen-bond acceptors (Lipinski definition) is 5. The Hall–Kier alpha value is -2.23. The van der Waals surface area contributed by atoms with E-state index in [0.29, 0.717) is 33.1 Å². The summed E-state index contributed by atoms with van der Waals surface area (Å²) < 4.78 is 0. The molecule has 1 atom stereocenters. The number of halogens is 2. The van der Waals surface area contributed by atoms with Crippen molar-refractivity contribution in [1.82, 2.24) is 14.7 Å². The Morgan fingerprint density at radius 1 is 1.00 bits per heavy atom. The first kappa shape index (κ1) is 26.8. The van der Waals surface area contributed by atoms with Gasteiger partial charge in [0.25, 0.3) is 5.91 Å². The van der Waals surface area contributed by atoms with Crippen molar-refractivity contribution in [1.29, 1.82) is 0 Å². The Labute approximate surface area is 227 Å². The molecule has 10 heteroatoms. The van der Waals surface area contributed by atoms with Crippen LogP contribution in [0.5, 0.6) is 0 Å². The molecule has 2 aromatic rings. The van der Waals surface area contributed by atoms with Crippen LogP contribution in [0.15, 0.2) is 48.5 Å². The molecule has 1 unspecified atom stereocenters. The topological polar surface area (TPSA) is 59.1 Å². The monoisotopic (exact) mass is 547 g/mol. The quantitative estimate of drug-likeness (QED) is 0.471. The van der Waals surface area contributed by atoms with Crippen molar-refractivity contribution in [2.45, 2.75) is 25.8 Å². The van der Waals surface area contributed by atoms with Gasteiger partial charge in [-0.15, -0.1) is 0 Å². The highest BCUT2D eigenvalue weighted by molar-refractivity contribution is 7.80. The average Bonchev–Trinajstić information content (AvgIpc) is 3.09. The number of benzene rings is 2. The number of rotatable bonds is 9. The van der Waals surface area contributed by atoms with E-state index < -0.39 is 6.04 Å². The molecular formula is C26H31Cl2N5O2S. The lowest BCUT2D eigenvalue weighted by atomic mass is 10.1. The summed E-state index contributed by atoms with van der Waals surface area (Å²) in [5.41, 5.74) is 1.24. The minimum absolute atomic E-state index is 0.00611. The van der Waals surface area contributed by atoms with Gasteiger partial charge < -0.3 is 20.0 Å². The zero-order valence-electron chi connectivity index (χ0n) is 20.3. The van der Waals surface area contributed by atoms with Crippen molar-refractivity contribution in [2.75, 3.05) is 56.0 Å². The largest absolute Gasteiger partial charge is 0.336 e. The van der Waals surface area contributed by atoms with Gasteiger partial charge in [0.05, 0.1) is 12.1 Å². The second-order valence-corrected chi connectivity index (χ2v) is 10.3. The fourth-order valence-corrected chi connectivity index (χ4v) is 5.38. The maximum Gasteiger partial charge on any atom is 0.256 e. The summed E-state index contributed by atoms with van der Waals surface area (Å²) in [6, 6.07) is 13.3. The molecule has 2 aliphatic heterocycles. The summed E-state index contributed by atoms with van der Waals surface area (Å²) in [6.07, 6.45) is 0.839. The van der Waals surface area contributed by atoms with Gasteiger partial charge >= 0.3 is 0 Å². The minimum Gasteiger partial charge on any atom is -0.336 e. The molecule has 2 heterocycles. The smallest absolute Gasteiger partial charge is 0.256 e. The molecule has 0 saturated carbocycles. The van der Waals surface area contributed by atoms with Gasteiger partial charge in [0.2, 0.25) is 5.91 Å². The molecule has 0 radical (unpaired) electrons. The highest BCUT2D eigenvalue weighted by atomic mass is 35.5. The van der Waals surface area contributed by atoms with Crippen LogP contribution in [-0.4, -0.2) is 83.5 Å². The first-order chi connectivity index (χ1) is 17.4. The van der Waals surface area contributed by atoms with Crippen molar-refractivity contribution in [3.63, 3.8) is 0 Å². The number of nitrogens with zero attached hydrogens (tertiary/aromatic N) is 4. The number of nitrogens with one attached hydrogen (secondary N) is 1. The lowest BCUT2D eigenvalue weighted by Crippen LogP contribution is -2.47. The van der Waals surface area contributed by atoms with Crippen LogP contribution in [-0.2, 0) is 9.59 Å². The Balaban J connectivity index is 1.45. The number of anilines is 2. The molecule has 2 saturated heterocycles. The fraction of sp³-hybridized carbons (Fsp3) is 0.423. The van der Waals surface area contributed by atoms with E-state index in [4.69, 9.17) is 35.4 Å². The van der Waals surface area contributed by atoms with E-state index >= 15 is 0 Å². The molecule has 36 heavy (non-hydrogen) atoms. The number of thiocarbonyl (C=S) groups is 1. The van der Waals surface area contributed by atoms with E-state index in [1.807, 2.05) is 4.90 Å². The maximum absolute atomic E-state index is 13.5. The Kier molecular flexibility index (Phi) is 9.19. The first-order valence-electron chi connectivity index (χ1n) is 12.3. The molecule has 2 amide bonds. The second-order valence-electron chi connectivity index (χ2n) is 9.03. The zero-order valence-corrected chi connectivity index (χ0v) is 22.7. The van der Waals surface area contributed by atoms with Crippen molar-refractivity contribution >= 4 is 63.7 Å². The third-order valence-electron chi connectivity index (χ3n) is 6.68. The van der Waals surface area contributed by atoms with Gasteiger partial charge in [0.15, 0.2) is 5.11 Å². The van der Waals surface area contributed by atoms with Gasteiger partial charge in [-0.3, -0.25) is 14.5 Å². The summed E-state index contributed by atoms with van der Waals surface area (Å²) in [5, 5.41) is 4.37. The van der Waals surface area contributed by atoms with Crippen LogP contribution in [0, 0.1) is 0 Å². The number of carbonyl (C=O) groups excluding carboxylic acids is 2. The van der Waals surface area contributed by atoms with E-state index in [1.165, 1.54) is 4.90 Å². The van der Waals surface area contributed by atoms with Gasteiger partial charge in [0.1, 0.15) is 6.04 Å². The molecule has 7 nitrogen and oxygen atoms in total. The molecule has 0 spiro atoms. The Morgan fingerprint density at radius 3 is 2.36 bits per heavy atom. The lowest BCUT2D eigenvalue weighted by Gasteiger charge is -2.34. The van der Waals surface area contributed by atoms with E-state index in [1.54, 1.807) is 48.5 Å². The fourth-order valence-electron chi connectivity index (χ4n) is 4.65. The summed E-state index contributed by atoms with van der Waals surface area (Å²) in [6.45, 7) is 9.02. The van der Waals surface area contributed by atoms with Gasteiger partial charge in [-0.05, 0) is 74.2 Å². The van der Waals surface area contributed by atoms with Crippen LogP contribution in [0.25, 0.3) is 0 Å². The van der Waals surface area contributed by atoms with Crippen LogP contribution >= 0.6 is 35.4 Å². The normalized spacial score (nSPS) is 19.2. The highest BCUT2D eigenvalue weighted by Crippen LogP contribution is 2.29. The second kappa shape index (κ2) is 12.3. The Morgan fingerprint density at radius 2 is 1.69 bits per heavy atom. The van der Waals surface area contributed by atoms with E-state index in [2.05, 4.69) is 22.0 Å². The van der Waals surface area contributed by atoms with Crippen LogP contribution in [0.4, 0.5) is 11.4 Å². The summed E-state index contributed by atoms with van der Waals surface area (Å²) in [7, 11) is 0. The number of hydrogen-bond donors (Lipinski definition) is 1. The van der Waals surface area contributed by atoms with E-state index in [0.717, 1.165) is 45.7 Å². The average molecular weight is 549 g/mol. The van der Waals surface area contributed by atoms with E-state index in [9.17, 15) is 9.59 Å². The third kappa shape index (κ3) is 6.55. The van der Waals surface area contributed by atoms with Crippen molar-refractivity contribution in [2.24, 2.45) is 0 Å². The molecular weight excluding hydrogens is 517 g/mol. The molecule has 4 rings (SSSR count). The van der Waals surface area contributed by atoms with E-state index in [-0.39, 0.29) is 18.2 Å². The predicted molar refractivity (Wildman–Crippen MR) is 150 cm³/mol. The van der Waals surface area contributed by atoms with Gasteiger partial charge in [-0.25, -0.2) is 0 Å². The number of likely N-dealkylation sites (N-methyl/N-ethyl adjacent to an activating group) is 1. The number of piperazine rings is 1. The van der Waals surface area contributed by atoms with Crippen molar-refractivity contribution in [3.8, 4) is 0 Å². The third-order valence-corrected chi connectivity index (χ3v) is 7.58. The van der Waals surface area contributed by atoms with Crippen LogP contribution < -0.4 is 10.2 Å². The lowest BCUT2D eigenvalue weighted by molar-refractivity contribution is -0.124. The molecule has 0 aromatic heterocycles. The molecule has 0 aliphatic carbocycles. The van der Waals surface area contributed by atoms with Gasteiger partial charge in [-0.1, -0.05) is 36.2 Å². The predicted octanol–water partition coefficient (Wildman–Crippen LogP) is 4.35. The van der Waals surface area contributed by atoms with Crippen LogP contribution in [0.2, 0.25) is 10.0 Å². The molecule has 1 N–H and O–H groups in total. The van der Waals surface area contributed by atoms with Gasteiger partial charge in [0, 0.05) is 48.5 Å². The number of carbonyl (C=O) groups is 2. The Bertz CT molecular complexity index is 1090. The minimum atomic E-state index is -0.680. The summed E-state index contributed by atoms with van der Waals surface area (Å²) in [4.78, 5) is 34.7.